The number of likely N-dealkylation sites (tertiary alicyclic amines) is 1. The van der Waals surface area contributed by atoms with E-state index in [4.69, 9.17) is 4.74 Å². The number of benzene rings is 2. The van der Waals surface area contributed by atoms with Gasteiger partial charge in [0, 0.05) is 37.3 Å². The molecule has 0 atom stereocenters. The van der Waals surface area contributed by atoms with Crippen LogP contribution >= 0.6 is 0 Å². The number of nitrogens with zero attached hydrogens (tertiary/aromatic N) is 1. The molecule has 1 saturated heterocycles. The maximum Gasteiger partial charge on any atom is 0.261 e. The fourth-order valence-corrected chi connectivity index (χ4v) is 4.35. The second-order valence-corrected chi connectivity index (χ2v) is 8.86. The van der Waals surface area contributed by atoms with E-state index in [9.17, 15) is 18.0 Å². The van der Waals surface area contributed by atoms with Gasteiger partial charge in [-0.3, -0.25) is 14.3 Å². The second-order valence-electron chi connectivity index (χ2n) is 7.18. The van der Waals surface area contributed by atoms with Gasteiger partial charge in [0.15, 0.2) is 0 Å². The highest BCUT2D eigenvalue weighted by Crippen LogP contribution is 2.20. The number of carbonyl (C=O) groups is 2. The van der Waals surface area contributed by atoms with Crippen molar-refractivity contribution in [3.05, 3.63) is 54.1 Å². The first-order valence-electron chi connectivity index (χ1n) is 10.3. The van der Waals surface area contributed by atoms with Crippen LogP contribution in [0.25, 0.3) is 0 Å². The lowest BCUT2D eigenvalue weighted by Gasteiger charge is -2.15. The van der Waals surface area contributed by atoms with E-state index in [2.05, 4.69) is 10.0 Å². The SMILES string of the molecule is CCOc1ccc(NS(=O)(=O)c2ccc(C(=O)NCCC(=O)N3CCCC3)cc2)cc1. The second kappa shape index (κ2) is 10.3. The van der Waals surface area contributed by atoms with E-state index < -0.39 is 10.0 Å². The van der Waals surface area contributed by atoms with Crippen molar-refractivity contribution in [1.82, 2.24) is 10.2 Å². The van der Waals surface area contributed by atoms with Crippen LogP contribution in [0.5, 0.6) is 5.75 Å². The van der Waals surface area contributed by atoms with Crippen molar-refractivity contribution < 1.29 is 22.7 Å². The van der Waals surface area contributed by atoms with Crippen LogP contribution < -0.4 is 14.8 Å². The lowest BCUT2D eigenvalue weighted by molar-refractivity contribution is -0.129. The Morgan fingerprint density at radius 3 is 2.26 bits per heavy atom. The Kier molecular flexibility index (Phi) is 7.51. The topological polar surface area (TPSA) is 105 Å². The van der Waals surface area contributed by atoms with Crippen LogP contribution in [0.4, 0.5) is 5.69 Å². The molecule has 2 amide bonds. The number of rotatable bonds is 9. The van der Waals surface area contributed by atoms with E-state index in [1.54, 1.807) is 24.3 Å². The first kappa shape index (κ1) is 22.6. The molecular weight excluding hydrogens is 418 g/mol. The molecule has 1 aliphatic rings. The van der Waals surface area contributed by atoms with E-state index in [0.717, 1.165) is 25.9 Å². The monoisotopic (exact) mass is 445 g/mol. The third kappa shape index (κ3) is 6.21. The molecule has 1 fully saturated rings. The van der Waals surface area contributed by atoms with Gasteiger partial charge in [-0.2, -0.15) is 0 Å². The van der Waals surface area contributed by atoms with E-state index >= 15 is 0 Å². The van der Waals surface area contributed by atoms with E-state index in [1.165, 1.54) is 24.3 Å². The predicted molar refractivity (Wildman–Crippen MR) is 118 cm³/mol. The van der Waals surface area contributed by atoms with Crippen molar-refractivity contribution in [2.45, 2.75) is 31.1 Å². The average Bonchev–Trinajstić information content (AvgIpc) is 3.30. The van der Waals surface area contributed by atoms with Crippen LogP contribution in [0.2, 0.25) is 0 Å². The predicted octanol–water partition coefficient (Wildman–Crippen LogP) is 2.63. The van der Waals surface area contributed by atoms with Crippen molar-refractivity contribution in [1.29, 1.82) is 0 Å². The van der Waals surface area contributed by atoms with Gasteiger partial charge < -0.3 is 15.0 Å². The normalized spacial score (nSPS) is 13.6. The quantitative estimate of drug-likeness (QED) is 0.617. The Morgan fingerprint density at radius 1 is 1.00 bits per heavy atom. The Bertz CT molecular complexity index is 998. The molecule has 0 saturated carbocycles. The summed E-state index contributed by atoms with van der Waals surface area (Å²) in [6.45, 7) is 4.21. The smallest absolute Gasteiger partial charge is 0.261 e. The first-order chi connectivity index (χ1) is 14.9. The highest BCUT2D eigenvalue weighted by Gasteiger charge is 2.18. The summed E-state index contributed by atoms with van der Waals surface area (Å²) in [7, 11) is -3.79. The summed E-state index contributed by atoms with van der Waals surface area (Å²) in [6, 6.07) is 12.3. The maximum atomic E-state index is 12.6. The Balaban J connectivity index is 1.54. The van der Waals surface area contributed by atoms with Crippen LogP contribution in [-0.2, 0) is 14.8 Å². The Labute approximate surface area is 182 Å². The highest BCUT2D eigenvalue weighted by atomic mass is 32.2. The molecule has 0 spiro atoms. The molecule has 2 aromatic rings. The summed E-state index contributed by atoms with van der Waals surface area (Å²) in [5.74, 6) is 0.347. The van der Waals surface area contributed by atoms with Crippen molar-refractivity contribution in [2.75, 3.05) is 31.0 Å². The number of amides is 2. The van der Waals surface area contributed by atoms with Crippen molar-refractivity contribution in [3.8, 4) is 5.75 Å². The van der Waals surface area contributed by atoms with Gasteiger partial charge in [0.05, 0.1) is 11.5 Å². The molecule has 2 N–H and O–H groups in total. The molecular formula is C22H27N3O5S. The van der Waals surface area contributed by atoms with Gasteiger partial charge in [0.25, 0.3) is 15.9 Å². The number of hydrogen-bond acceptors (Lipinski definition) is 5. The number of ether oxygens (including phenoxy) is 1. The lowest BCUT2D eigenvalue weighted by atomic mass is 10.2. The van der Waals surface area contributed by atoms with Gasteiger partial charge in [-0.25, -0.2) is 8.42 Å². The molecule has 0 aliphatic carbocycles. The summed E-state index contributed by atoms with van der Waals surface area (Å²) in [5.41, 5.74) is 0.738. The van der Waals surface area contributed by atoms with Crippen molar-refractivity contribution in [3.63, 3.8) is 0 Å². The molecule has 1 aliphatic heterocycles. The van der Waals surface area contributed by atoms with E-state index in [1.807, 2.05) is 11.8 Å². The minimum atomic E-state index is -3.79. The molecule has 0 bridgehead atoms. The zero-order valence-corrected chi connectivity index (χ0v) is 18.3. The van der Waals surface area contributed by atoms with Gasteiger partial charge in [-0.05, 0) is 68.3 Å². The minimum absolute atomic E-state index is 0.0413. The zero-order chi connectivity index (χ0) is 22.3. The van der Waals surface area contributed by atoms with E-state index in [-0.39, 0.29) is 29.7 Å². The van der Waals surface area contributed by atoms with Gasteiger partial charge in [0.2, 0.25) is 5.91 Å². The summed E-state index contributed by atoms with van der Waals surface area (Å²) in [4.78, 5) is 26.1. The third-order valence-corrected chi connectivity index (χ3v) is 6.32. The summed E-state index contributed by atoms with van der Waals surface area (Å²) >= 11 is 0. The highest BCUT2D eigenvalue weighted by molar-refractivity contribution is 7.92. The van der Waals surface area contributed by atoms with Gasteiger partial charge >= 0.3 is 0 Å². The summed E-state index contributed by atoms with van der Waals surface area (Å²) < 4.78 is 33.0. The van der Waals surface area contributed by atoms with Crippen LogP contribution in [0.3, 0.4) is 0 Å². The third-order valence-electron chi connectivity index (χ3n) is 4.93. The van der Waals surface area contributed by atoms with Crippen LogP contribution in [-0.4, -0.2) is 51.4 Å². The van der Waals surface area contributed by atoms with E-state index in [0.29, 0.717) is 23.6 Å². The lowest BCUT2D eigenvalue weighted by Crippen LogP contribution is -2.32. The number of sulfonamides is 1. The molecule has 0 unspecified atom stereocenters. The zero-order valence-electron chi connectivity index (χ0n) is 17.5. The van der Waals surface area contributed by atoms with Crippen molar-refractivity contribution in [2.24, 2.45) is 0 Å². The minimum Gasteiger partial charge on any atom is -0.494 e. The fraction of sp³-hybridized carbons (Fsp3) is 0.364. The summed E-state index contributed by atoms with van der Waals surface area (Å²) in [5, 5.41) is 2.70. The van der Waals surface area contributed by atoms with Gasteiger partial charge in [-0.15, -0.1) is 0 Å². The molecule has 9 heteroatoms. The number of nitrogens with one attached hydrogen (secondary N) is 2. The molecule has 1 heterocycles. The van der Waals surface area contributed by atoms with Crippen LogP contribution in [0, 0.1) is 0 Å². The molecule has 8 nitrogen and oxygen atoms in total. The van der Waals surface area contributed by atoms with Crippen LogP contribution in [0.15, 0.2) is 53.4 Å². The van der Waals surface area contributed by atoms with Crippen molar-refractivity contribution >= 4 is 27.5 Å². The average molecular weight is 446 g/mol. The number of anilines is 1. The van der Waals surface area contributed by atoms with Gasteiger partial charge in [-0.1, -0.05) is 0 Å². The fourth-order valence-electron chi connectivity index (χ4n) is 3.30. The van der Waals surface area contributed by atoms with Crippen LogP contribution in [0.1, 0.15) is 36.5 Å². The summed E-state index contributed by atoms with van der Waals surface area (Å²) in [6.07, 6.45) is 2.31. The largest absolute Gasteiger partial charge is 0.494 e. The maximum absolute atomic E-state index is 12.6. The molecule has 3 rings (SSSR count). The molecule has 0 radical (unpaired) electrons. The number of hydrogen-bond donors (Lipinski definition) is 2. The standard InChI is InChI=1S/C22H27N3O5S/c1-2-30-19-9-7-18(8-10-19)24-31(28,29)20-11-5-17(6-12-20)22(27)23-14-13-21(26)25-15-3-4-16-25/h5-12,24H,2-4,13-16H2,1H3,(H,23,27). The number of carbonyl (C=O) groups excluding carboxylic acids is 2. The Morgan fingerprint density at radius 2 is 1.65 bits per heavy atom. The molecule has 31 heavy (non-hydrogen) atoms. The molecule has 0 aromatic heterocycles. The van der Waals surface area contributed by atoms with Gasteiger partial charge in [0.1, 0.15) is 5.75 Å². The Hall–Kier alpha value is -3.07. The molecule has 2 aromatic carbocycles. The molecule has 166 valence electrons. The first-order valence-corrected chi connectivity index (χ1v) is 11.8.